The number of carbonyl (C=O) groups is 1. The lowest BCUT2D eigenvalue weighted by Gasteiger charge is -2.07. The second kappa shape index (κ2) is 4.83. The molecular weight excluding hydrogens is 304 g/mol. The Morgan fingerprint density at radius 1 is 1.29 bits per heavy atom. The highest BCUT2D eigenvalue weighted by Gasteiger charge is 2.40. The molecular formula is C16H15ClN2OS. The molecule has 1 saturated heterocycles. The molecule has 4 rings (SSSR count). The number of hydrogen-bond donors (Lipinski definition) is 2. The van der Waals surface area contributed by atoms with Crippen LogP contribution >= 0.6 is 22.9 Å². The number of hydrogen-bond acceptors (Lipinski definition) is 4. The summed E-state index contributed by atoms with van der Waals surface area (Å²) in [5.41, 5.74) is 8.73. The lowest BCUT2D eigenvalue weighted by atomic mass is 9.98. The molecule has 0 bridgehead atoms. The Morgan fingerprint density at radius 3 is 2.81 bits per heavy atom. The van der Waals surface area contributed by atoms with Gasteiger partial charge in [0.25, 0.3) is 0 Å². The molecule has 3 nitrogen and oxygen atoms in total. The van der Waals surface area contributed by atoms with Crippen LogP contribution in [0.2, 0.25) is 5.02 Å². The first-order valence-corrected chi connectivity index (χ1v) is 8.26. The van der Waals surface area contributed by atoms with E-state index in [4.69, 9.17) is 17.3 Å². The van der Waals surface area contributed by atoms with Crippen molar-refractivity contribution in [2.75, 3.05) is 18.8 Å². The zero-order valence-corrected chi connectivity index (χ0v) is 12.9. The monoisotopic (exact) mass is 318 g/mol. The minimum atomic E-state index is 0.0228. The van der Waals surface area contributed by atoms with Crippen LogP contribution in [-0.2, 0) is 6.42 Å². The van der Waals surface area contributed by atoms with Crippen molar-refractivity contribution >= 4 is 33.7 Å². The van der Waals surface area contributed by atoms with Gasteiger partial charge in [0.1, 0.15) is 0 Å². The molecule has 3 N–H and O–H groups in total. The normalized spacial score (nSPS) is 23.1. The Hall–Kier alpha value is -1.36. The number of nitrogens with one attached hydrogen (secondary N) is 1. The van der Waals surface area contributed by atoms with Gasteiger partial charge >= 0.3 is 0 Å². The van der Waals surface area contributed by atoms with Crippen LogP contribution in [0.15, 0.2) is 24.3 Å². The standard InChI is InChI=1S/C16H15ClN2OS/c17-10-3-1-8(2-4-10)14(20)13-11-5-9-6-19-7-12(9)15(11)21-16(13)18/h1-4,9,12,19H,5-7,18H2. The number of rotatable bonds is 2. The van der Waals surface area contributed by atoms with Crippen LogP contribution in [-0.4, -0.2) is 18.9 Å². The minimum Gasteiger partial charge on any atom is -0.390 e. The van der Waals surface area contributed by atoms with Crippen LogP contribution in [0.5, 0.6) is 0 Å². The van der Waals surface area contributed by atoms with Gasteiger partial charge in [-0.2, -0.15) is 0 Å². The molecule has 1 aliphatic heterocycles. The zero-order chi connectivity index (χ0) is 14.6. The summed E-state index contributed by atoms with van der Waals surface area (Å²) in [6, 6.07) is 7.03. The van der Waals surface area contributed by atoms with Crippen molar-refractivity contribution in [1.29, 1.82) is 0 Å². The van der Waals surface area contributed by atoms with Gasteiger partial charge in [0.15, 0.2) is 5.78 Å². The molecule has 1 aromatic heterocycles. The van der Waals surface area contributed by atoms with E-state index in [1.807, 2.05) is 0 Å². The molecule has 2 aliphatic rings. The first-order valence-electron chi connectivity index (χ1n) is 7.07. The number of benzene rings is 1. The number of ketones is 1. The van der Waals surface area contributed by atoms with E-state index in [-0.39, 0.29) is 5.78 Å². The molecule has 0 amide bonds. The highest BCUT2D eigenvalue weighted by molar-refractivity contribution is 7.16. The predicted molar refractivity (Wildman–Crippen MR) is 86.4 cm³/mol. The van der Waals surface area contributed by atoms with Crippen molar-refractivity contribution in [2.24, 2.45) is 5.92 Å². The third-order valence-corrected chi connectivity index (χ3v) is 5.99. The van der Waals surface area contributed by atoms with Gasteiger partial charge in [-0.05, 0) is 48.7 Å². The maximum absolute atomic E-state index is 12.8. The first kappa shape index (κ1) is 13.3. The highest BCUT2D eigenvalue weighted by atomic mass is 35.5. The van der Waals surface area contributed by atoms with E-state index in [9.17, 15) is 4.79 Å². The Morgan fingerprint density at radius 2 is 2.05 bits per heavy atom. The lowest BCUT2D eigenvalue weighted by molar-refractivity contribution is 0.103. The summed E-state index contributed by atoms with van der Waals surface area (Å²) in [6.07, 6.45) is 0.968. The van der Waals surface area contributed by atoms with Gasteiger partial charge in [0.2, 0.25) is 0 Å². The second-order valence-electron chi connectivity index (χ2n) is 5.75. The Labute approximate surface area is 132 Å². The smallest absolute Gasteiger partial charge is 0.196 e. The average Bonchev–Trinajstić information content (AvgIpc) is 3.10. The zero-order valence-electron chi connectivity index (χ0n) is 11.4. The van der Waals surface area contributed by atoms with Gasteiger partial charge in [0.05, 0.1) is 10.6 Å². The third kappa shape index (κ3) is 2.01. The van der Waals surface area contributed by atoms with E-state index in [1.54, 1.807) is 35.6 Å². The number of anilines is 1. The molecule has 1 aromatic carbocycles. The van der Waals surface area contributed by atoms with Crippen molar-refractivity contribution in [2.45, 2.75) is 12.3 Å². The number of nitrogens with two attached hydrogens (primary N) is 1. The van der Waals surface area contributed by atoms with Gasteiger partial charge in [-0.3, -0.25) is 4.79 Å². The quantitative estimate of drug-likeness (QED) is 0.837. The molecule has 108 valence electrons. The van der Waals surface area contributed by atoms with Crippen LogP contribution in [0, 0.1) is 5.92 Å². The molecule has 0 spiro atoms. The van der Waals surface area contributed by atoms with Crippen molar-refractivity contribution in [3.63, 3.8) is 0 Å². The molecule has 2 unspecified atom stereocenters. The predicted octanol–water partition coefficient (Wildman–Crippen LogP) is 3.07. The summed E-state index contributed by atoms with van der Waals surface area (Å²) in [5.74, 6) is 1.19. The highest BCUT2D eigenvalue weighted by Crippen LogP contribution is 2.48. The van der Waals surface area contributed by atoms with Gasteiger partial charge in [-0.25, -0.2) is 0 Å². The summed E-state index contributed by atoms with van der Waals surface area (Å²) in [4.78, 5) is 14.1. The summed E-state index contributed by atoms with van der Waals surface area (Å²) < 4.78 is 0. The average molecular weight is 319 g/mol. The molecule has 1 aliphatic carbocycles. The van der Waals surface area contributed by atoms with E-state index < -0.39 is 0 Å². The van der Waals surface area contributed by atoms with E-state index in [1.165, 1.54) is 10.4 Å². The molecule has 0 saturated carbocycles. The number of fused-ring (bicyclic) bond motifs is 3. The maximum atomic E-state index is 12.8. The molecule has 0 radical (unpaired) electrons. The maximum Gasteiger partial charge on any atom is 0.196 e. The van der Waals surface area contributed by atoms with Crippen molar-refractivity contribution in [1.82, 2.24) is 5.32 Å². The molecule has 1 fully saturated rings. The van der Waals surface area contributed by atoms with E-state index in [0.29, 0.717) is 27.4 Å². The van der Waals surface area contributed by atoms with E-state index >= 15 is 0 Å². The molecule has 21 heavy (non-hydrogen) atoms. The van der Waals surface area contributed by atoms with Crippen LogP contribution in [0.25, 0.3) is 0 Å². The number of halogens is 1. The summed E-state index contributed by atoms with van der Waals surface area (Å²) in [6.45, 7) is 2.05. The molecule has 2 aromatic rings. The Kier molecular flexibility index (Phi) is 3.06. The number of carbonyl (C=O) groups excluding carboxylic acids is 1. The fourth-order valence-electron chi connectivity index (χ4n) is 3.52. The lowest BCUT2D eigenvalue weighted by Crippen LogP contribution is -2.12. The topological polar surface area (TPSA) is 55.1 Å². The summed E-state index contributed by atoms with van der Waals surface area (Å²) in [7, 11) is 0. The minimum absolute atomic E-state index is 0.0228. The van der Waals surface area contributed by atoms with Gasteiger partial charge in [0, 0.05) is 27.9 Å². The summed E-state index contributed by atoms with van der Waals surface area (Å²) >= 11 is 7.49. The molecule has 2 heterocycles. The SMILES string of the molecule is Nc1sc2c(c1C(=O)c1ccc(Cl)cc1)CC1CNCC21. The van der Waals surface area contributed by atoms with E-state index in [0.717, 1.165) is 25.1 Å². The van der Waals surface area contributed by atoms with Crippen molar-refractivity contribution in [3.05, 3.63) is 50.9 Å². The molecule has 5 heteroatoms. The Bertz CT molecular complexity index is 723. The Balaban J connectivity index is 1.76. The fraction of sp³-hybridized carbons (Fsp3) is 0.312. The fourth-order valence-corrected chi connectivity index (χ4v) is 4.93. The third-order valence-electron chi connectivity index (χ3n) is 4.54. The number of thiophene rings is 1. The molecule has 2 atom stereocenters. The van der Waals surface area contributed by atoms with Gasteiger partial charge in [-0.15, -0.1) is 11.3 Å². The van der Waals surface area contributed by atoms with Crippen molar-refractivity contribution < 1.29 is 4.79 Å². The second-order valence-corrected chi connectivity index (χ2v) is 7.27. The van der Waals surface area contributed by atoms with E-state index in [2.05, 4.69) is 5.32 Å². The van der Waals surface area contributed by atoms with Crippen LogP contribution in [0.4, 0.5) is 5.00 Å². The van der Waals surface area contributed by atoms with Crippen LogP contribution < -0.4 is 11.1 Å². The van der Waals surface area contributed by atoms with Crippen LogP contribution in [0.3, 0.4) is 0 Å². The first-order chi connectivity index (χ1) is 10.1. The largest absolute Gasteiger partial charge is 0.390 e. The van der Waals surface area contributed by atoms with Crippen LogP contribution in [0.1, 0.15) is 32.3 Å². The van der Waals surface area contributed by atoms with Crippen molar-refractivity contribution in [3.8, 4) is 0 Å². The van der Waals surface area contributed by atoms with Gasteiger partial charge in [-0.1, -0.05) is 11.6 Å². The van der Waals surface area contributed by atoms with Gasteiger partial charge < -0.3 is 11.1 Å². The summed E-state index contributed by atoms with van der Waals surface area (Å²) in [5, 5.41) is 4.72. The number of nitrogen functional groups attached to an aromatic ring is 1.